The molecular weight excluding hydrogens is 328 g/mol. The second kappa shape index (κ2) is 7.49. The zero-order chi connectivity index (χ0) is 18.7. The average Bonchev–Trinajstić information content (AvgIpc) is 2.61. The highest BCUT2D eigenvalue weighted by Crippen LogP contribution is 2.07. The fraction of sp³-hybridized carbons (Fsp3) is 0.250. The molecular formula is C20H22N4O2. The second-order valence-corrected chi connectivity index (χ2v) is 6.65. The molecule has 6 nitrogen and oxygen atoms in total. The van der Waals surface area contributed by atoms with Crippen LogP contribution >= 0.6 is 0 Å². The van der Waals surface area contributed by atoms with Crippen LogP contribution in [0.5, 0.6) is 0 Å². The van der Waals surface area contributed by atoms with E-state index in [0.717, 1.165) is 17.7 Å². The summed E-state index contributed by atoms with van der Waals surface area (Å²) in [5, 5.41) is 2.79. The van der Waals surface area contributed by atoms with Gasteiger partial charge in [0.25, 0.3) is 11.5 Å². The number of benzene rings is 1. The van der Waals surface area contributed by atoms with Crippen molar-refractivity contribution < 1.29 is 4.79 Å². The minimum Gasteiger partial charge on any atom is -0.348 e. The van der Waals surface area contributed by atoms with Crippen molar-refractivity contribution in [1.29, 1.82) is 0 Å². The van der Waals surface area contributed by atoms with E-state index in [-0.39, 0.29) is 11.1 Å². The molecule has 0 unspecified atom stereocenters. The Morgan fingerprint density at radius 1 is 1.12 bits per heavy atom. The molecule has 0 saturated heterocycles. The SMILES string of the molecule is Cc1ccc2ncc(C(=O)NCc3ccc(CN(C)C)cc3)c(=O)n2c1. The first-order valence-corrected chi connectivity index (χ1v) is 8.43. The summed E-state index contributed by atoms with van der Waals surface area (Å²) in [4.78, 5) is 31.2. The van der Waals surface area contributed by atoms with Gasteiger partial charge in [-0.1, -0.05) is 30.3 Å². The number of nitrogens with zero attached hydrogens (tertiary/aromatic N) is 3. The van der Waals surface area contributed by atoms with Crippen molar-refractivity contribution in [2.45, 2.75) is 20.0 Å². The molecule has 3 aromatic rings. The standard InChI is InChI=1S/C20H22N4O2/c1-14-4-9-18-21-11-17(20(26)24(18)12-14)19(25)22-10-15-5-7-16(8-6-15)13-23(2)3/h4-9,11-12H,10,13H2,1-3H3,(H,22,25). The Morgan fingerprint density at radius 3 is 2.50 bits per heavy atom. The van der Waals surface area contributed by atoms with E-state index in [2.05, 4.69) is 15.2 Å². The molecule has 26 heavy (non-hydrogen) atoms. The summed E-state index contributed by atoms with van der Waals surface area (Å²) in [7, 11) is 4.04. The number of fused-ring (bicyclic) bond motifs is 1. The number of rotatable bonds is 5. The molecule has 0 aliphatic rings. The molecule has 0 atom stereocenters. The van der Waals surface area contributed by atoms with Crippen molar-refractivity contribution in [2.75, 3.05) is 14.1 Å². The molecule has 0 aliphatic heterocycles. The van der Waals surface area contributed by atoms with E-state index in [0.29, 0.717) is 12.2 Å². The van der Waals surface area contributed by atoms with Crippen LogP contribution in [-0.2, 0) is 13.1 Å². The molecule has 0 radical (unpaired) electrons. The molecule has 2 heterocycles. The summed E-state index contributed by atoms with van der Waals surface area (Å²) < 4.78 is 1.40. The van der Waals surface area contributed by atoms with Crippen LogP contribution in [0.2, 0.25) is 0 Å². The van der Waals surface area contributed by atoms with Crippen LogP contribution in [0, 0.1) is 6.92 Å². The molecule has 0 aliphatic carbocycles. The Balaban J connectivity index is 1.73. The molecule has 0 spiro atoms. The number of aromatic nitrogens is 2. The van der Waals surface area contributed by atoms with Gasteiger partial charge in [-0.3, -0.25) is 14.0 Å². The van der Waals surface area contributed by atoms with Gasteiger partial charge in [-0.25, -0.2) is 4.98 Å². The minimum absolute atomic E-state index is 0.0392. The molecule has 134 valence electrons. The molecule has 1 N–H and O–H groups in total. The Kier molecular flexibility index (Phi) is 5.14. The van der Waals surface area contributed by atoms with Crippen LogP contribution in [0.15, 0.2) is 53.6 Å². The van der Waals surface area contributed by atoms with Crippen molar-refractivity contribution in [1.82, 2.24) is 19.6 Å². The largest absolute Gasteiger partial charge is 0.348 e. The van der Waals surface area contributed by atoms with E-state index in [9.17, 15) is 9.59 Å². The lowest BCUT2D eigenvalue weighted by atomic mass is 10.1. The predicted molar refractivity (Wildman–Crippen MR) is 101 cm³/mol. The number of hydrogen-bond acceptors (Lipinski definition) is 4. The maximum absolute atomic E-state index is 12.5. The third kappa shape index (κ3) is 3.97. The number of amides is 1. The first kappa shape index (κ1) is 17.8. The summed E-state index contributed by atoms with van der Waals surface area (Å²) in [5.74, 6) is -0.421. The maximum Gasteiger partial charge on any atom is 0.270 e. The number of carbonyl (C=O) groups is 1. The summed E-state index contributed by atoms with van der Waals surface area (Å²) in [6.45, 7) is 3.11. The van der Waals surface area contributed by atoms with Gasteiger partial charge >= 0.3 is 0 Å². The highest BCUT2D eigenvalue weighted by atomic mass is 16.2. The number of carbonyl (C=O) groups excluding carboxylic acids is 1. The monoisotopic (exact) mass is 350 g/mol. The number of nitrogens with one attached hydrogen (secondary N) is 1. The van der Waals surface area contributed by atoms with Gasteiger partial charge in [-0.05, 0) is 43.8 Å². The highest BCUT2D eigenvalue weighted by Gasteiger charge is 2.13. The molecule has 0 fully saturated rings. The molecule has 2 aromatic heterocycles. The smallest absolute Gasteiger partial charge is 0.270 e. The quantitative estimate of drug-likeness (QED) is 0.764. The number of hydrogen-bond donors (Lipinski definition) is 1. The summed E-state index contributed by atoms with van der Waals surface area (Å²) in [6.07, 6.45) is 3.02. The summed E-state index contributed by atoms with van der Waals surface area (Å²) in [6, 6.07) is 11.7. The van der Waals surface area contributed by atoms with Gasteiger partial charge in [0.1, 0.15) is 11.2 Å². The van der Waals surface area contributed by atoms with Gasteiger partial charge in [0.05, 0.1) is 0 Å². The fourth-order valence-corrected chi connectivity index (χ4v) is 2.74. The summed E-state index contributed by atoms with van der Waals surface area (Å²) >= 11 is 0. The third-order valence-corrected chi connectivity index (χ3v) is 4.07. The van der Waals surface area contributed by atoms with E-state index >= 15 is 0 Å². The average molecular weight is 350 g/mol. The van der Waals surface area contributed by atoms with Gasteiger partial charge in [-0.15, -0.1) is 0 Å². The van der Waals surface area contributed by atoms with E-state index in [1.807, 2.05) is 51.4 Å². The number of pyridine rings is 1. The molecule has 0 saturated carbocycles. The lowest BCUT2D eigenvalue weighted by Crippen LogP contribution is -2.31. The zero-order valence-electron chi connectivity index (χ0n) is 15.2. The van der Waals surface area contributed by atoms with E-state index in [1.54, 1.807) is 12.3 Å². The van der Waals surface area contributed by atoms with Crippen molar-refractivity contribution in [3.8, 4) is 0 Å². The summed E-state index contributed by atoms with van der Waals surface area (Å²) in [5.41, 5.74) is 3.31. The lowest BCUT2D eigenvalue weighted by Gasteiger charge is -2.10. The topological polar surface area (TPSA) is 66.7 Å². The van der Waals surface area contributed by atoms with Crippen LogP contribution in [0.4, 0.5) is 0 Å². The molecule has 3 rings (SSSR count). The van der Waals surface area contributed by atoms with E-state index in [1.165, 1.54) is 16.2 Å². The van der Waals surface area contributed by atoms with Crippen molar-refractivity contribution in [3.63, 3.8) is 0 Å². The van der Waals surface area contributed by atoms with Crippen LogP contribution < -0.4 is 10.9 Å². The number of aryl methyl sites for hydroxylation is 1. The van der Waals surface area contributed by atoms with E-state index in [4.69, 9.17) is 0 Å². The first-order chi connectivity index (χ1) is 12.4. The van der Waals surface area contributed by atoms with Crippen LogP contribution in [-0.4, -0.2) is 34.3 Å². The van der Waals surface area contributed by atoms with Crippen molar-refractivity contribution in [3.05, 3.63) is 81.4 Å². The van der Waals surface area contributed by atoms with Crippen LogP contribution in [0.25, 0.3) is 5.65 Å². The third-order valence-electron chi connectivity index (χ3n) is 4.07. The van der Waals surface area contributed by atoms with Gasteiger partial charge in [0.2, 0.25) is 0 Å². The van der Waals surface area contributed by atoms with Crippen LogP contribution in [0.1, 0.15) is 27.0 Å². The first-order valence-electron chi connectivity index (χ1n) is 8.43. The van der Waals surface area contributed by atoms with Crippen molar-refractivity contribution >= 4 is 11.6 Å². The Morgan fingerprint density at radius 2 is 1.81 bits per heavy atom. The Labute approximate surface area is 152 Å². The minimum atomic E-state index is -0.421. The fourth-order valence-electron chi connectivity index (χ4n) is 2.74. The Bertz CT molecular complexity index is 991. The molecule has 1 aromatic carbocycles. The second-order valence-electron chi connectivity index (χ2n) is 6.65. The molecule has 1 amide bonds. The van der Waals surface area contributed by atoms with Crippen molar-refractivity contribution in [2.24, 2.45) is 0 Å². The van der Waals surface area contributed by atoms with Crippen LogP contribution in [0.3, 0.4) is 0 Å². The van der Waals surface area contributed by atoms with Gasteiger partial charge in [0, 0.05) is 25.5 Å². The lowest BCUT2D eigenvalue weighted by molar-refractivity contribution is 0.0949. The molecule has 6 heteroatoms. The zero-order valence-corrected chi connectivity index (χ0v) is 15.2. The van der Waals surface area contributed by atoms with Gasteiger partial charge < -0.3 is 10.2 Å². The molecule has 0 bridgehead atoms. The highest BCUT2D eigenvalue weighted by molar-refractivity contribution is 5.93. The van der Waals surface area contributed by atoms with E-state index < -0.39 is 5.91 Å². The maximum atomic E-state index is 12.5. The normalized spacial score (nSPS) is 11.1. The Hall–Kier alpha value is -2.99. The predicted octanol–water partition coefficient (Wildman–Crippen LogP) is 1.99. The van der Waals surface area contributed by atoms with Gasteiger partial charge in [0.15, 0.2) is 0 Å². The van der Waals surface area contributed by atoms with Gasteiger partial charge in [-0.2, -0.15) is 0 Å².